The molecule has 0 aromatic rings. The lowest BCUT2D eigenvalue weighted by Gasteiger charge is -2.20. The highest BCUT2D eigenvalue weighted by Crippen LogP contribution is 2.27. The Morgan fingerprint density at radius 1 is 0.750 bits per heavy atom. The highest BCUT2D eigenvalue weighted by Gasteiger charge is 2.11. The van der Waals surface area contributed by atoms with Gasteiger partial charge in [-0.3, -0.25) is 0 Å². The molecule has 1 fully saturated rings. The SMILES string of the molecule is CCCCC1CCCCC1.N=C=O.N=C=O.O=C=NCCCCCCN=C=O. The van der Waals surface area contributed by atoms with E-state index < -0.39 is 0 Å². The van der Waals surface area contributed by atoms with Crippen LogP contribution in [-0.2, 0) is 19.2 Å². The van der Waals surface area contributed by atoms with Crippen LogP contribution in [0.2, 0.25) is 0 Å². The molecule has 0 spiro atoms. The van der Waals surface area contributed by atoms with Crippen molar-refractivity contribution in [2.45, 2.75) is 84.0 Å². The fraction of sp³-hybridized carbons (Fsp3) is 0.800. The number of hydrogen-bond donors (Lipinski definition) is 2. The average molecular weight is 395 g/mol. The number of unbranched alkanes of at least 4 members (excludes halogenated alkanes) is 4. The first kappa shape index (κ1) is 30.3. The van der Waals surface area contributed by atoms with Crippen LogP contribution in [0, 0.1) is 16.7 Å². The zero-order chi connectivity index (χ0) is 21.7. The second kappa shape index (κ2) is 32.2. The van der Waals surface area contributed by atoms with E-state index in [4.69, 9.17) is 20.4 Å². The van der Waals surface area contributed by atoms with Gasteiger partial charge in [-0.1, -0.05) is 71.1 Å². The summed E-state index contributed by atoms with van der Waals surface area (Å²) in [5.74, 6) is 1.11. The van der Waals surface area contributed by atoms with Gasteiger partial charge in [-0.15, -0.1) is 0 Å². The topological polar surface area (TPSA) is 141 Å². The third-order valence-electron chi connectivity index (χ3n) is 4.11. The summed E-state index contributed by atoms with van der Waals surface area (Å²) in [6, 6.07) is 0. The lowest BCUT2D eigenvalue weighted by Crippen LogP contribution is -2.05. The standard InChI is InChI=1S/C10H20.C8H12N2O2.2CHNO/c1-2-3-7-10-8-5-4-6-9-10;11-7-9-5-3-1-2-4-6-10-8-12;2*2-1-3/h10H,2-9H2,1H3;1-6H2;2*2H. The van der Waals surface area contributed by atoms with Crippen LogP contribution in [0.15, 0.2) is 9.98 Å². The number of aliphatic imine (C=N–C) groups is 2. The van der Waals surface area contributed by atoms with Gasteiger partial charge in [-0.2, -0.15) is 0 Å². The first-order valence-electron chi connectivity index (χ1n) is 9.83. The summed E-state index contributed by atoms with van der Waals surface area (Å²) in [5.41, 5.74) is 0. The molecule has 2 N–H and O–H groups in total. The smallest absolute Gasteiger partial charge is 0.222 e. The number of isocyanates is 4. The number of nitrogens with one attached hydrogen (secondary N) is 2. The Balaban J connectivity index is -0.000000351. The number of rotatable bonds is 10. The van der Waals surface area contributed by atoms with Gasteiger partial charge in [0.1, 0.15) is 0 Å². The van der Waals surface area contributed by atoms with Crippen LogP contribution < -0.4 is 0 Å². The highest BCUT2D eigenvalue weighted by molar-refractivity contribution is 5.32. The van der Waals surface area contributed by atoms with Crippen LogP contribution in [0.25, 0.3) is 0 Å². The van der Waals surface area contributed by atoms with Crippen LogP contribution in [0.4, 0.5) is 0 Å². The molecule has 0 aromatic heterocycles. The molecule has 28 heavy (non-hydrogen) atoms. The molecule has 0 amide bonds. The summed E-state index contributed by atoms with van der Waals surface area (Å²) in [7, 11) is 0. The second-order valence-electron chi connectivity index (χ2n) is 6.21. The van der Waals surface area contributed by atoms with Crippen molar-refractivity contribution >= 4 is 24.3 Å². The van der Waals surface area contributed by atoms with Gasteiger partial charge in [0, 0.05) is 0 Å². The Kier molecular flexibility index (Phi) is 34.8. The average Bonchev–Trinajstić information content (AvgIpc) is 2.71. The van der Waals surface area contributed by atoms with E-state index in [1.165, 1.54) is 63.5 Å². The molecule has 0 atom stereocenters. The van der Waals surface area contributed by atoms with E-state index in [2.05, 4.69) is 16.9 Å². The molecular formula is C20H34N4O4. The predicted octanol–water partition coefficient (Wildman–Crippen LogP) is 4.78. The Morgan fingerprint density at radius 3 is 1.54 bits per heavy atom. The van der Waals surface area contributed by atoms with E-state index in [0.717, 1.165) is 43.8 Å². The Morgan fingerprint density at radius 2 is 1.18 bits per heavy atom. The molecule has 1 aliphatic rings. The van der Waals surface area contributed by atoms with E-state index in [0.29, 0.717) is 13.1 Å². The van der Waals surface area contributed by atoms with Crippen molar-refractivity contribution < 1.29 is 19.2 Å². The molecule has 1 aliphatic carbocycles. The number of hydrogen-bond acceptors (Lipinski definition) is 8. The normalized spacial score (nSPS) is 11.8. The Labute approximate surface area is 167 Å². The quantitative estimate of drug-likeness (QED) is 0.312. The zero-order valence-electron chi connectivity index (χ0n) is 17.0. The van der Waals surface area contributed by atoms with Gasteiger partial charge in [0.15, 0.2) is 0 Å². The third-order valence-corrected chi connectivity index (χ3v) is 4.11. The minimum atomic E-state index is 0.556. The molecule has 0 heterocycles. The van der Waals surface area contributed by atoms with Crippen LogP contribution >= 0.6 is 0 Å². The molecule has 0 bridgehead atoms. The molecule has 0 unspecified atom stereocenters. The maximum absolute atomic E-state index is 9.63. The maximum atomic E-state index is 9.63. The van der Waals surface area contributed by atoms with Crippen molar-refractivity contribution in [2.75, 3.05) is 13.1 Å². The summed E-state index contributed by atoms with van der Waals surface area (Å²) in [5, 5.41) is 10.8. The van der Waals surface area contributed by atoms with E-state index in [1.54, 1.807) is 0 Å². The summed E-state index contributed by atoms with van der Waals surface area (Å²) < 4.78 is 0. The van der Waals surface area contributed by atoms with Gasteiger partial charge in [-0.25, -0.2) is 40.0 Å². The zero-order valence-corrected chi connectivity index (χ0v) is 17.0. The molecule has 8 nitrogen and oxygen atoms in total. The number of carbonyl (C=O) groups excluding carboxylic acids is 4. The first-order valence-corrected chi connectivity index (χ1v) is 9.83. The van der Waals surface area contributed by atoms with E-state index in [-0.39, 0.29) is 0 Å². The Bertz CT molecular complexity index is 446. The van der Waals surface area contributed by atoms with Gasteiger partial charge in [0.05, 0.1) is 13.1 Å². The van der Waals surface area contributed by atoms with Crippen LogP contribution in [0.1, 0.15) is 84.0 Å². The van der Waals surface area contributed by atoms with E-state index in [1.807, 2.05) is 0 Å². The van der Waals surface area contributed by atoms with E-state index in [9.17, 15) is 9.59 Å². The predicted molar refractivity (Wildman–Crippen MR) is 107 cm³/mol. The molecule has 158 valence electrons. The molecule has 0 saturated heterocycles. The molecule has 8 heteroatoms. The van der Waals surface area contributed by atoms with Gasteiger partial charge in [-0.05, 0) is 18.8 Å². The number of nitrogens with zero attached hydrogens (tertiary/aromatic N) is 2. The lowest BCUT2D eigenvalue weighted by atomic mass is 9.86. The molecule has 1 rings (SSSR count). The van der Waals surface area contributed by atoms with Crippen LogP contribution in [0.3, 0.4) is 0 Å². The van der Waals surface area contributed by atoms with Crippen molar-refractivity contribution in [1.82, 2.24) is 0 Å². The minimum absolute atomic E-state index is 0.556. The van der Waals surface area contributed by atoms with Gasteiger partial charge in [0.2, 0.25) is 24.3 Å². The summed E-state index contributed by atoms with van der Waals surface area (Å²) in [4.78, 5) is 42.8. The van der Waals surface area contributed by atoms with E-state index >= 15 is 0 Å². The van der Waals surface area contributed by atoms with Crippen LogP contribution in [0.5, 0.6) is 0 Å². The third kappa shape index (κ3) is 34.8. The van der Waals surface area contributed by atoms with Crippen molar-refractivity contribution in [3.05, 3.63) is 0 Å². The summed E-state index contributed by atoms with van der Waals surface area (Å²) in [6.45, 7) is 3.41. The molecule has 0 radical (unpaired) electrons. The molecule has 0 aromatic carbocycles. The van der Waals surface area contributed by atoms with Crippen molar-refractivity contribution in [1.29, 1.82) is 10.8 Å². The summed E-state index contributed by atoms with van der Waals surface area (Å²) in [6.07, 6.45) is 20.2. The van der Waals surface area contributed by atoms with Crippen molar-refractivity contribution in [3.63, 3.8) is 0 Å². The largest absolute Gasteiger partial charge is 0.234 e. The second-order valence-corrected chi connectivity index (χ2v) is 6.21. The van der Waals surface area contributed by atoms with Crippen LogP contribution in [-0.4, -0.2) is 37.4 Å². The molecule has 1 saturated carbocycles. The van der Waals surface area contributed by atoms with Gasteiger partial charge < -0.3 is 0 Å². The fourth-order valence-corrected chi connectivity index (χ4v) is 2.80. The summed E-state index contributed by atoms with van der Waals surface area (Å²) >= 11 is 0. The van der Waals surface area contributed by atoms with Gasteiger partial charge in [0.25, 0.3) is 0 Å². The molecule has 0 aliphatic heterocycles. The monoisotopic (exact) mass is 394 g/mol. The lowest BCUT2D eigenvalue weighted by molar-refractivity contribution is 0.331. The van der Waals surface area contributed by atoms with Gasteiger partial charge >= 0.3 is 0 Å². The maximum Gasteiger partial charge on any atom is 0.234 e. The minimum Gasteiger partial charge on any atom is -0.222 e. The van der Waals surface area contributed by atoms with Crippen molar-refractivity contribution in [2.24, 2.45) is 15.9 Å². The molecular weight excluding hydrogens is 360 g/mol. The fourth-order valence-electron chi connectivity index (χ4n) is 2.80. The Hall–Kier alpha value is -2.48. The first-order chi connectivity index (χ1) is 13.7. The highest BCUT2D eigenvalue weighted by atomic mass is 16.1. The van der Waals surface area contributed by atoms with Crippen molar-refractivity contribution in [3.8, 4) is 0 Å².